The van der Waals surface area contributed by atoms with Crippen LogP contribution >= 0.6 is 11.9 Å². The van der Waals surface area contributed by atoms with Crippen molar-refractivity contribution >= 4 is 17.9 Å². The number of hydrogen-bond acceptors (Lipinski definition) is 3. The Bertz CT molecular complexity index is 112. The van der Waals surface area contributed by atoms with Crippen molar-refractivity contribution in [3.8, 4) is 0 Å². The number of nitrogens with one attached hydrogen (secondary N) is 1. The SMILES string of the molecule is CC(=O)N1CCNSC1. The first-order valence-electron chi connectivity index (χ1n) is 2.91. The predicted octanol–water partition coefficient (Wildman–Crippen LogP) is 0.0438. The summed E-state index contributed by atoms with van der Waals surface area (Å²) in [7, 11) is 0. The molecule has 3 nitrogen and oxygen atoms in total. The molecule has 1 aliphatic heterocycles. The molecular weight excluding hydrogens is 136 g/mol. The Morgan fingerprint density at radius 2 is 2.56 bits per heavy atom. The van der Waals surface area contributed by atoms with E-state index in [2.05, 4.69) is 4.72 Å². The van der Waals surface area contributed by atoms with Gasteiger partial charge in [-0.3, -0.25) is 9.52 Å². The van der Waals surface area contributed by atoms with Gasteiger partial charge in [0.15, 0.2) is 0 Å². The maximum atomic E-state index is 10.7. The van der Waals surface area contributed by atoms with E-state index in [4.69, 9.17) is 0 Å². The second-order valence-corrected chi connectivity index (χ2v) is 2.79. The van der Waals surface area contributed by atoms with Crippen LogP contribution in [0.25, 0.3) is 0 Å². The number of carbonyl (C=O) groups excluding carboxylic acids is 1. The lowest BCUT2D eigenvalue weighted by atomic mass is 10.5. The van der Waals surface area contributed by atoms with Gasteiger partial charge in [-0.25, -0.2) is 0 Å². The molecule has 9 heavy (non-hydrogen) atoms. The monoisotopic (exact) mass is 146 g/mol. The maximum absolute atomic E-state index is 10.7. The van der Waals surface area contributed by atoms with Crippen LogP contribution in [0.4, 0.5) is 0 Å². The Morgan fingerprint density at radius 1 is 1.78 bits per heavy atom. The molecule has 1 amide bonds. The Hall–Kier alpha value is -0.220. The molecule has 0 aromatic carbocycles. The molecule has 0 bridgehead atoms. The summed E-state index contributed by atoms with van der Waals surface area (Å²) < 4.78 is 3.09. The van der Waals surface area contributed by atoms with E-state index in [-0.39, 0.29) is 5.91 Å². The van der Waals surface area contributed by atoms with E-state index in [1.54, 1.807) is 18.9 Å². The van der Waals surface area contributed by atoms with Crippen LogP contribution in [0.1, 0.15) is 6.92 Å². The first-order chi connectivity index (χ1) is 4.30. The average Bonchev–Trinajstić information content (AvgIpc) is 1.90. The molecule has 52 valence electrons. The zero-order valence-corrected chi connectivity index (χ0v) is 6.20. The number of carbonyl (C=O) groups is 1. The summed E-state index contributed by atoms with van der Waals surface area (Å²) in [6.07, 6.45) is 0. The van der Waals surface area contributed by atoms with Crippen molar-refractivity contribution in [2.45, 2.75) is 6.92 Å². The van der Waals surface area contributed by atoms with Gasteiger partial charge >= 0.3 is 0 Å². The van der Waals surface area contributed by atoms with Gasteiger partial charge in [-0.1, -0.05) is 11.9 Å². The number of rotatable bonds is 0. The maximum Gasteiger partial charge on any atom is 0.220 e. The fourth-order valence-corrected chi connectivity index (χ4v) is 1.48. The van der Waals surface area contributed by atoms with Gasteiger partial charge in [-0.15, -0.1) is 0 Å². The van der Waals surface area contributed by atoms with Gasteiger partial charge < -0.3 is 4.90 Å². The quantitative estimate of drug-likeness (QED) is 0.490. The van der Waals surface area contributed by atoms with Gasteiger partial charge in [0.1, 0.15) is 0 Å². The smallest absolute Gasteiger partial charge is 0.220 e. The highest BCUT2D eigenvalue weighted by Gasteiger charge is 2.11. The van der Waals surface area contributed by atoms with Gasteiger partial charge in [0.05, 0.1) is 5.88 Å². The van der Waals surface area contributed by atoms with E-state index in [9.17, 15) is 4.79 Å². The summed E-state index contributed by atoms with van der Waals surface area (Å²) in [6, 6.07) is 0. The van der Waals surface area contributed by atoms with Crippen LogP contribution in [0.5, 0.6) is 0 Å². The molecule has 0 atom stereocenters. The molecule has 1 saturated heterocycles. The van der Waals surface area contributed by atoms with Gasteiger partial charge in [0, 0.05) is 20.0 Å². The van der Waals surface area contributed by atoms with E-state index >= 15 is 0 Å². The zero-order valence-electron chi connectivity index (χ0n) is 5.39. The topological polar surface area (TPSA) is 32.3 Å². The van der Waals surface area contributed by atoms with Crippen LogP contribution in [-0.4, -0.2) is 29.8 Å². The van der Waals surface area contributed by atoms with Gasteiger partial charge in [-0.2, -0.15) is 0 Å². The van der Waals surface area contributed by atoms with Crippen LogP contribution in [0.15, 0.2) is 0 Å². The lowest BCUT2D eigenvalue weighted by molar-refractivity contribution is -0.127. The summed E-state index contributed by atoms with van der Waals surface area (Å²) in [6.45, 7) is 3.36. The molecule has 0 spiro atoms. The van der Waals surface area contributed by atoms with Crippen molar-refractivity contribution in [1.82, 2.24) is 9.62 Å². The van der Waals surface area contributed by atoms with Crippen LogP contribution in [0.2, 0.25) is 0 Å². The Labute approximate surface area is 58.9 Å². The van der Waals surface area contributed by atoms with Crippen LogP contribution < -0.4 is 4.72 Å². The summed E-state index contributed by atoms with van der Waals surface area (Å²) >= 11 is 1.59. The second kappa shape index (κ2) is 3.08. The Balaban J connectivity index is 2.31. The number of nitrogens with zero attached hydrogens (tertiary/aromatic N) is 1. The molecule has 0 saturated carbocycles. The summed E-state index contributed by atoms with van der Waals surface area (Å²) in [5.41, 5.74) is 0. The molecule has 1 N–H and O–H groups in total. The number of hydrogen-bond donors (Lipinski definition) is 1. The first-order valence-corrected chi connectivity index (χ1v) is 3.89. The summed E-state index contributed by atoms with van der Waals surface area (Å²) in [5, 5.41) is 0. The van der Waals surface area contributed by atoms with Crippen LogP contribution in [0.3, 0.4) is 0 Å². The predicted molar refractivity (Wildman–Crippen MR) is 37.8 cm³/mol. The average molecular weight is 146 g/mol. The van der Waals surface area contributed by atoms with E-state index in [0.717, 1.165) is 19.0 Å². The van der Waals surface area contributed by atoms with Crippen molar-refractivity contribution < 1.29 is 4.79 Å². The second-order valence-electron chi connectivity index (χ2n) is 1.95. The van der Waals surface area contributed by atoms with Crippen molar-refractivity contribution in [3.05, 3.63) is 0 Å². The zero-order chi connectivity index (χ0) is 6.69. The largest absolute Gasteiger partial charge is 0.331 e. The molecule has 0 unspecified atom stereocenters. The number of amides is 1. The summed E-state index contributed by atoms with van der Waals surface area (Å²) in [5.74, 6) is 0.957. The molecule has 0 aliphatic carbocycles. The third kappa shape index (κ3) is 1.87. The molecule has 0 aromatic rings. The van der Waals surface area contributed by atoms with Crippen molar-refractivity contribution in [1.29, 1.82) is 0 Å². The van der Waals surface area contributed by atoms with Gasteiger partial charge in [0.25, 0.3) is 0 Å². The minimum Gasteiger partial charge on any atom is -0.331 e. The standard InChI is InChI=1S/C5H10N2OS/c1-5(8)7-3-2-6-9-4-7/h6H,2-4H2,1H3. The highest BCUT2D eigenvalue weighted by Crippen LogP contribution is 2.03. The minimum absolute atomic E-state index is 0.170. The van der Waals surface area contributed by atoms with Crippen molar-refractivity contribution in [3.63, 3.8) is 0 Å². The van der Waals surface area contributed by atoms with Crippen molar-refractivity contribution in [2.24, 2.45) is 0 Å². The molecule has 1 heterocycles. The fourth-order valence-electron chi connectivity index (χ4n) is 0.689. The Kier molecular flexibility index (Phi) is 2.36. The van der Waals surface area contributed by atoms with Gasteiger partial charge in [0.2, 0.25) is 5.91 Å². The van der Waals surface area contributed by atoms with E-state index in [1.807, 2.05) is 4.90 Å². The highest BCUT2D eigenvalue weighted by atomic mass is 32.2. The molecular formula is C5H10N2OS. The molecule has 1 fully saturated rings. The van der Waals surface area contributed by atoms with Crippen LogP contribution in [0, 0.1) is 0 Å². The third-order valence-electron chi connectivity index (χ3n) is 1.25. The van der Waals surface area contributed by atoms with Gasteiger partial charge in [-0.05, 0) is 0 Å². The highest BCUT2D eigenvalue weighted by molar-refractivity contribution is 7.97. The molecule has 1 rings (SSSR count). The molecule has 0 radical (unpaired) electrons. The molecule has 4 heteroatoms. The lowest BCUT2D eigenvalue weighted by Gasteiger charge is -2.24. The van der Waals surface area contributed by atoms with E-state index < -0.39 is 0 Å². The Morgan fingerprint density at radius 3 is 2.89 bits per heavy atom. The fraction of sp³-hybridized carbons (Fsp3) is 0.800. The summed E-state index contributed by atoms with van der Waals surface area (Å²) in [4.78, 5) is 12.5. The normalized spacial score (nSPS) is 19.9. The van der Waals surface area contributed by atoms with Crippen LogP contribution in [-0.2, 0) is 4.79 Å². The van der Waals surface area contributed by atoms with E-state index in [0.29, 0.717) is 0 Å². The first kappa shape index (κ1) is 6.89. The third-order valence-corrected chi connectivity index (χ3v) is 2.10. The lowest BCUT2D eigenvalue weighted by Crippen LogP contribution is -2.39. The molecule has 0 aromatic heterocycles. The van der Waals surface area contributed by atoms with Crippen molar-refractivity contribution in [2.75, 3.05) is 19.0 Å². The molecule has 1 aliphatic rings. The van der Waals surface area contributed by atoms with E-state index in [1.165, 1.54) is 0 Å². The minimum atomic E-state index is 0.170.